The minimum absolute atomic E-state index is 0.278. The van der Waals surface area contributed by atoms with Gasteiger partial charge in [0.1, 0.15) is 12.4 Å². The molecule has 28 heavy (non-hydrogen) atoms. The molecule has 1 amide bonds. The van der Waals surface area contributed by atoms with Crippen molar-refractivity contribution < 1.29 is 9.53 Å². The summed E-state index contributed by atoms with van der Waals surface area (Å²) in [6.45, 7) is 0.329. The third-order valence-electron chi connectivity index (χ3n) is 3.85. The zero-order valence-electron chi connectivity index (χ0n) is 14.8. The van der Waals surface area contributed by atoms with Gasteiger partial charge >= 0.3 is 0 Å². The number of halogens is 1. The first kappa shape index (κ1) is 19.6. The van der Waals surface area contributed by atoms with Crippen molar-refractivity contribution in [1.29, 1.82) is 5.26 Å². The van der Waals surface area contributed by atoms with E-state index in [-0.39, 0.29) is 5.91 Å². The summed E-state index contributed by atoms with van der Waals surface area (Å²) in [7, 11) is 0. The third kappa shape index (κ3) is 5.41. The number of carbonyl (C=O) groups is 1. The second-order valence-electron chi connectivity index (χ2n) is 5.84. The number of rotatable bonds is 6. The summed E-state index contributed by atoms with van der Waals surface area (Å²) in [6.07, 6.45) is 1.55. The highest BCUT2D eigenvalue weighted by atomic mass is 127. The standard InChI is InChI=1S/C22H16IN3O2/c23-20-10-8-18(9-11-20)22(27)26-25-14-19-6-1-2-7-21(19)28-15-17-5-3-4-16(12-17)13-24/h1-12,14H,15H2,(H,26,27)/b25-14-. The molecule has 0 atom stereocenters. The van der Waals surface area contributed by atoms with E-state index >= 15 is 0 Å². The van der Waals surface area contributed by atoms with Crippen LogP contribution in [0.3, 0.4) is 0 Å². The van der Waals surface area contributed by atoms with Crippen molar-refractivity contribution in [1.82, 2.24) is 5.43 Å². The second kappa shape index (κ2) is 9.67. The molecule has 0 unspecified atom stereocenters. The van der Waals surface area contributed by atoms with Gasteiger partial charge in [-0.15, -0.1) is 0 Å². The van der Waals surface area contributed by atoms with E-state index in [0.29, 0.717) is 23.5 Å². The zero-order chi connectivity index (χ0) is 19.8. The molecule has 3 rings (SSSR count). The number of para-hydroxylation sites is 1. The third-order valence-corrected chi connectivity index (χ3v) is 4.56. The quantitative estimate of drug-likeness (QED) is 0.320. The molecule has 0 heterocycles. The second-order valence-corrected chi connectivity index (χ2v) is 7.09. The largest absolute Gasteiger partial charge is 0.488 e. The molecule has 0 aromatic heterocycles. The Hall–Kier alpha value is -3.18. The molecule has 0 aliphatic heterocycles. The predicted molar refractivity (Wildman–Crippen MR) is 116 cm³/mol. The van der Waals surface area contributed by atoms with Gasteiger partial charge in [-0.2, -0.15) is 10.4 Å². The van der Waals surface area contributed by atoms with Crippen molar-refractivity contribution in [3.8, 4) is 11.8 Å². The normalized spacial score (nSPS) is 10.4. The summed E-state index contributed by atoms with van der Waals surface area (Å²) in [5.74, 6) is 0.358. The molecular weight excluding hydrogens is 465 g/mol. The molecular formula is C22H16IN3O2. The molecule has 0 saturated carbocycles. The zero-order valence-corrected chi connectivity index (χ0v) is 17.0. The van der Waals surface area contributed by atoms with Crippen LogP contribution in [0.1, 0.15) is 27.0 Å². The van der Waals surface area contributed by atoms with Gasteiger partial charge in [0.25, 0.3) is 5.91 Å². The van der Waals surface area contributed by atoms with Crippen LogP contribution >= 0.6 is 22.6 Å². The number of ether oxygens (including phenoxy) is 1. The number of nitrogens with one attached hydrogen (secondary N) is 1. The van der Waals surface area contributed by atoms with Crippen molar-refractivity contribution >= 4 is 34.7 Å². The Labute approximate surface area is 176 Å². The molecule has 5 nitrogen and oxygen atoms in total. The smallest absolute Gasteiger partial charge is 0.271 e. The van der Waals surface area contributed by atoms with Gasteiger partial charge in [0.05, 0.1) is 17.8 Å². The minimum atomic E-state index is -0.278. The van der Waals surface area contributed by atoms with E-state index in [9.17, 15) is 4.79 Å². The Bertz CT molecular complexity index is 1040. The average Bonchev–Trinajstić information content (AvgIpc) is 2.73. The highest BCUT2D eigenvalue weighted by Crippen LogP contribution is 2.18. The van der Waals surface area contributed by atoms with Crippen LogP contribution in [0.15, 0.2) is 77.9 Å². The fourth-order valence-corrected chi connectivity index (χ4v) is 2.80. The van der Waals surface area contributed by atoms with Crippen LogP contribution in [-0.4, -0.2) is 12.1 Å². The van der Waals surface area contributed by atoms with Crippen LogP contribution in [-0.2, 0) is 6.61 Å². The molecule has 3 aromatic carbocycles. The van der Waals surface area contributed by atoms with E-state index in [1.165, 1.54) is 0 Å². The topological polar surface area (TPSA) is 74.5 Å². The van der Waals surface area contributed by atoms with Crippen LogP contribution in [0.5, 0.6) is 5.75 Å². The van der Waals surface area contributed by atoms with Gasteiger partial charge in [-0.3, -0.25) is 4.79 Å². The first-order valence-electron chi connectivity index (χ1n) is 8.45. The van der Waals surface area contributed by atoms with E-state index in [4.69, 9.17) is 10.00 Å². The number of nitriles is 1. The SMILES string of the molecule is N#Cc1cccc(COc2ccccc2/C=N\NC(=O)c2ccc(I)cc2)c1. The van der Waals surface area contributed by atoms with E-state index in [0.717, 1.165) is 14.7 Å². The number of hydrazone groups is 1. The summed E-state index contributed by atoms with van der Waals surface area (Å²) < 4.78 is 6.92. The Kier molecular flexibility index (Phi) is 6.76. The molecule has 0 saturated heterocycles. The molecule has 0 fully saturated rings. The summed E-state index contributed by atoms with van der Waals surface area (Å²) in [5.41, 5.74) is 5.29. The van der Waals surface area contributed by atoms with Crippen LogP contribution in [0.4, 0.5) is 0 Å². The average molecular weight is 481 g/mol. The molecule has 0 aliphatic carbocycles. The lowest BCUT2D eigenvalue weighted by Crippen LogP contribution is -2.17. The van der Waals surface area contributed by atoms with Crippen molar-refractivity contribution in [3.63, 3.8) is 0 Å². The lowest BCUT2D eigenvalue weighted by molar-refractivity contribution is 0.0955. The lowest BCUT2D eigenvalue weighted by atomic mass is 10.1. The summed E-state index contributed by atoms with van der Waals surface area (Å²) in [6, 6.07) is 24.0. The molecule has 3 aromatic rings. The molecule has 0 aliphatic rings. The number of benzene rings is 3. The van der Waals surface area contributed by atoms with Gasteiger partial charge in [0.2, 0.25) is 0 Å². The van der Waals surface area contributed by atoms with Crippen molar-refractivity contribution in [2.45, 2.75) is 6.61 Å². The predicted octanol–water partition coefficient (Wildman–Crippen LogP) is 4.51. The van der Waals surface area contributed by atoms with Crippen molar-refractivity contribution in [3.05, 3.63) is 98.6 Å². The maximum absolute atomic E-state index is 12.1. The monoisotopic (exact) mass is 481 g/mol. The highest BCUT2D eigenvalue weighted by Gasteiger charge is 2.05. The van der Waals surface area contributed by atoms with Gasteiger partial charge in [0.15, 0.2) is 0 Å². The number of nitrogens with zero attached hydrogens (tertiary/aromatic N) is 2. The fourth-order valence-electron chi connectivity index (χ4n) is 2.44. The Morgan fingerprint density at radius 2 is 1.89 bits per heavy atom. The molecule has 1 N–H and O–H groups in total. The van der Waals surface area contributed by atoms with Crippen LogP contribution in [0.2, 0.25) is 0 Å². The lowest BCUT2D eigenvalue weighted by Gasteiger charge is -2.09. The molecule has 0 radical (unpaired) electrons. The van der Waals surface area contributed by atoms with Gasteiger partial charge in [-0.25, -0.2) is 5.43 Å². The summed E-state index contributed by atoms with van der Waals surface area (Å²) in [4.78, 5) is 12.1. The van der Waals surface area contributed by atoms with Gasteiger partial charge < -0.3 is 4.74 Å². The first-order valence-corrected chi connectivity index (χ1v) is 9.53. The Balaban J connectivity index is 1.64. The number of hydrogen-bond acceptors (Lipinski definition) is 4. The van der Waals surface area contributed by atoms with E-state index in [2.05, 4.69) is 39.2 Å². The minimum Gasteiger partial charge on any atom is -0.488 e. The molecule has 0 spiro atoms. The summed E-state index contributed by atoms with van der Waals surface area (Å²) in [5, 5.41) is 13.0. The van der Waals surface area contributed by atoms with Gasteiger partial charge in [-0.1, -0.05) is 24.3 Å². The maximum Gasteiger partial charge on any atom is 0.271 e. The Morgan fingerprint density at radius 3 is 2.68 bits per heavy atom. The first-order chi connectivity index (χ1) is 13.7. The Morgan fingerprint density at radius 1 is 1.11 bits per heavy atom. The van der Waals surface area contributed by atoms with E-state index in [1.54, 1.807) is 30.5 Å². The van der Waals surface area contributed by atoms with E-state index < -0.39 is 0 Å². The van der Waals surface area contributed by atoms with Crippen molar-refractivity contribution in [2.75, 3.05) is 0 Å². The van der Waals surface area contributed by atoms with Gasteiger partial charge in [0, 0.05) is 14.7 Å². The molecule has 138 valence electrons. The maximum atomic E-state index is 12.1. The van der Waals surface area contributed by atoms with Crippen LogP contribution < -0.4 is 10.2 Å². The molecule has 0 bridgehead atoms. The number of hydrogen-bond donors (Lipinski definition) is 1. The van der Waals surface area contributed by atoms with E-state index in [1.807, 2.05) is 48.5 Å². The van der Waals surface area contributed by atoms with Gasteiger partial charge in [-0.05, 0) is 76.7 Å². The summed E-state index contributed by atoms with van der Waals surface area (Å²) >= 11 is 2.18. The van der Waals surface area contributed by atoms with Crippen molar-refractivity contribution in [2.24, 2.45) is 5.10 Å². The highest BCUT2D eigenvalue weighted by molar-refractivity contribution is 14.1. The van der Waals surface area contributed by atoms with Crippen LogP contribution in [0, 0.1) is 14.9 Å². The van der Waals surface area contributed by atoms with Crippen LogP contribution in [0.25, 0.3) is 0 Å². The number of amides is 1. The number of carbonyl (C=O) groups excluding carboxylic acids is 1. The molecule has 6 heteroatoms. The fraction of sp³-hybridized carbons (Fsp3) is 0.0455.